The first-order valence-corrected chi connectivity index (χ1v) is 11.1. The van der Waals surface area contributed by atoms with Crippen molar-refractivity contribution in [2.45, 2.75) is 33.1 Å². The van der Waals surface area contributed by atoms with E-state index in [0.717, 1.165) is 12.8 Å². The van der Waals surface area contributed by atoms with E-state index in [1.165, 1.54) is 4.31 Å². The number of benzene rings is 1. The highest BCUT2D eigenvalue weighted by atomic mass is 35.5. The molecule has 0 aromatic heterocycles. The number of carbonyl (C=O) groups is 1. The molecule has 6 nitrogen and oxygen atoms in total. The Labute approximate surface area is 161 Å². The van der Waals surface area contributed by atoms with E-state index in [1.54, 1.807) is 29.2 Å². The summed E-state index contributed by atoms with van der Waals surface area (Å²) in [6.45, 7) is 5.77. The van der Waals surface area contributed by atoms with E-state index in [2.05, 4.69) is 12.2 Å². The number of sulfonamides is 1. The molecule has 146 valence electrons. The molecule has 0 radical (unpaired) electrons. The number of nitrogens with zero attached hydrogens (tertiary/aromatic N) is 2. The van der Waals surface area contributed by atoms with E-state index in [-0.39, 0.29) is 17.7 Å². The van der Waals surface area contributed by atoms with Crippen LogP contribution in [0.2, 0.25) is 5.02 Å². The van der Waals surface area contributed by atoms with E-state index in [0.29, 0.717) is 43.3 Å². The maximum absolute atomic E-state index is 12.6. The second-order valence-corrected chi connectivity index (χ2v) is 9.30. The van der Waals surface area contributed by atoms with E-state index >= 15 is 0 Å². The maximum Gasteiger partial charge on any atom is 0.321 e. The Balaban J connectivity index is 1.92. The zero-order valence-electron chi connectivity index (χ0n) is 15.4. The van der Waals surface area contributed by atoms with E-state index in [4.69, 9.17) is 11.6 Å². The molecule has 1 aliphatic heterocycles. The molecule has 2 rings (SSSR count). The number of carbonyl (C=O) groups excluding carboxylic acids is 1. The minimum absolute atomic E-state index is 0.151. The standard InChI is InChI=1S/C18H28ClN3O3S/c1-3-5-15(2)14-26(24,25)22-11-4-10-21(12-13-22)18(23)20-17-8-6-16(19)7-9-17/h6-9,15H,3-5,10-14H2,1-2H3,(H,20,23). The van der Waals surface area contributed by atoms with Crippen molar-refractivity contribution >= 4 is 33.3 Å². The Bertz CT molecular complexity index is 694. The second-order valence-electron chi connectivity index (χ2n) is 6.85. The van der Waals surface area contributed by atoms with Crippen LogP contribution in [0.3, 0.4) is 0 Å². The highest BCUT2D eigenvalue weighted by Crippen LogP contribution is 2.17. The number of hydrogen-bond acceptors (Lipinski definition) is 3. The van der Waals surface area contributed by atoms with Crippen LogP contribution < -0.4 is 5.32 Å². The zero-order chi connectivity index (χ0) is 19.2. The predicted octanol–water partition coefficient (Wildman–Crippen LogP) is 3.65. The summed E-state index contributed by atoms with van der Waals surface area (Å²) >= 11 is 5.85. The largest absolute Gasteiger partial charge is 0.323 e. The lowest BCUT2D eigenvalue weighted by Gasteiger charge is -2.23. The topological polar surface area (TPSA) is 69.7 Å². The lowest BCUT2D eigenvalue weighted by Crippen LogP contribution is -2.40. The quantitative estimate of drug-likeness (QED) is 0.790. The van der Waals surface area contributed by atoms with Crippen LogP contribution in [-0.2, 0) is 10.0 Å². The number of urea groups is 1. The smallest absolute Gasteiger partial charge is 0.321 e. The van der Waals surface area contributed by atoms with Gasteiger partial charge in [0, 0.05) is 36.9 Å². The number of hydrogen-bond donors (Lipinski definition) is 1. The first-order valence-electron chi connectivity index (χ1n) is 9.11. The van der Waals surface area contributed by atoms with E-state index in [1.807, 2.05) is 6.92 Å². The summed E-state index contributed by atoms with van der Waals surface area (Å²) in [7, 11) is -3.28. The van der Waals surface area contributed by atoms with Gasteiger partial charge in [-0.1, -0.05) is 31.9 Å². The van der Waals surface area contributed by atoms with Gasteiger partial charge in [0.25, 0.3) is 0 Å². The van der Waals surface area contributed by atoms with Crippen molar-refractivity contribution < 1.29 is 13.2 Å². The maximum atomic E-state index is 12.6. The van der Waals surface area contributed by atoms with Gasteiger partial charge >= 0.3 is 6.03 Å². The molecule has 0 aliphatic carbocycles. The van der Waals surface area contributed by atoms with Gasteiger partial charge in [-0.15, -0.1) is 0 Å². The van der Waals surface area contributed by atoms with Crippen LogP contribution in [-0.4, -0.2) is 55.6 Å². The first kappa shape index (κ1) is 21.0. The van der Waals surface area contributed by atoms with Gasteiger partial charge in [-0.2, -0.15) is 0 Å². The summed E-state index contributed by atoms with van der Waals surface area (Å²) in [5.74, 6) is 0.329. The minimum atomic E-state index is -3.28. The molecule has 0 saturated carbocycles. The van der Waals surface area contributed by atoms with Gasteiger partial charge in [0.05, 0.1) is 5.75 Å². The number of anilines is 1. The van der Waals surface area contributed by atoms with Crippen molar-refractivity contribution in [1.82, 2.24) is 9.21 Å². The third-order valence-corrected chi connectivity index (χ3v) is 6.90. The third-order valence-electron chi connectivity index (χ3n) is 4.51. The van der Waals surface area contributed by atoms with E-state index in [9.17, 15) is 13.2 Å². The SMILES string of the molecule is CCCC(C)CS(=O)(=O)N1CCCN(C(=O)Nc2ccc(Cl)cc2)CC1. The van der Waals surface area contributed by atoms with Crippen LogP contribution >= 0.6 is 11.6 Å². The Morgan fingerprint density at radius 3 is 2.54 bits per heavy atom. The molecular weight excluding hydrogens is 374 g/mol. The molecule has 1 atom stereocenters. The summed E-state index contributed by atoms with van der Waals surface area (Å²) in [6.07, 6.45) is 2.52. The molecule has 26 heavy (non-hydrogen) atoms. The van der Waals surface area contributed by atoms with Crippen molar-refractivity contribution in [2.75, 3.05) is 37.2 Å². The van der Waals surface area contributed by atoms with Crippen LogP contribution in [0, 0.1) is 5.92 Å². The van der Waals surface area contributed by atoms with Crippen molar-refractivity contribution in [2.24, 2.45) is 5.92 Å². The lowest BCUT2D eigenvalue weighted by molar-refractivity contribution is 0.214. The summed E-state index contributed by atoms with van der Waals surface area (Å²) in [5, 5.41) is 3.44. The normalized spacial score (nSPS) is 17.6. The van der Waals surface area contributed by atoms with Crippen LogP contribution in [0.25, 0.3) is 0 Å². The number of halogens is 1. The Hall–Kier alpha value is -1.31. The van der Waals surface area contributed by atoms with Gasteiger partial charge in [0.1, 0.15) is 0 Å². The molecule has 1 aromatic carbocycles. The fraction of sp³-hybridized carbons (Fsp3) is 0.611. The fourth-order valence-electron chi connectivity index (χ4n) is 3.15. The molecule has 1 fully saturated rings. The van der Waals surface area contributed by atoms with Crippen molar-refractivity contribution in [1.29, 1.82) is 0 Å². The molecule has 1 unspecified atom stereocenters. The van der Waals surface area contributed by atoms with Crippen LogP contribution in [0.1, 0.15) is 33.1 Å². The molecule has 2 amide bonds. The Morgan fingerprint density at radius 2 is 1.88 bits per heavy atom. The molecular formula is C18H28ClN3O3S. The summed E-state index contributed by atoms with van der Waals surface area (Å²) in [4.78, 5) is 14.1. The zero-order valence-corrected chi connectivity index (χ0v) is 17.0. The van der Waals surface area contributed by atoms with Gasteiger partial charge in [-0.25, -0.2) is 17.5 Å². The van der Waals surface area contributed by atoms with Gasteiger partial charge in [-0.05, 0) is 43.0 Å². The van der Waals surface area contributed by atoms with E-state index < -0.39 is 10.0 Å². The van der Waals surface area contributed by atoms with Crippen LogP contribution in [0.4, 0.5) is 10.5 Å². The molecule has 1 heterocycles. The van der Waals surface area contributed by atoms with Gasteiger partial charge in [0.2, 0.25) is 10.0 Å². The molecule has 1 N–H and O–H groups in total. The van der Waals surface area contributed by atoms with Crippen LogP contribution in [0.5, 0.6) is 0 Å². The summed E-state index contributed by atoms with van der Waals surface area (Å²) in [5.41, 5.74) is 0.668. The van der Waals surface area contributed by atoms with Crippen molar-refractivity contribution in [3.63, 3.8) is 0 Å². The number of rotatable bonds is 6. The highest BCUT2D eigenvalue weighted by molar-refractivity contribution is 7.89. The molecule has 1 saturated heterocycles. The molecule has 0 spiro atoms. The van der Waals surface area contributed by atoms with Gasteiger partial charge in [0.15, 0.2) is 0 Å². The average molecular weight is 402 g/mol. The fourth-order valence-corrected chi connectivity index (χ4v) is 5.14. The molecule has 0 bridgehead atoms. The lowest BCUT2D eigenvalue weighted by atomic mass is 10.1. The average Bonchev–Trinajstić information content (AvgIpc) is 2.83. The second kappa shape index (κ2) is 9.58. The minimum Gasteiger partial charge on any atom is -0.323 e. The summed E-state index contributed by atoms with van der Waals surface area (Å²) in [6, 6.07) is 6.69. The van der Waals surface area contributed by atoms with Crippen molar-refractivity contribution in [3.8, 4) is 0 Å². The molecule has 1 aliphatic rings. The first-order chi connectivity index (χ1) is 12.3. The van der Waals surface area contributed by atoms with Gasteiger partial charge in [-0.3, -0.25) is 0 Å². The monoisotopic (exact) mass is 401 g/mol. The highest BCUT2D eigenvalue weighted by Gasteiger charge is 2.28. The number of amides is 2. The Kier molecular flexibility index (Phi) is 7.73. The Morgan fingerprint density at radius 1 is 1.19 bits per heavy atom. The van der Waals surface area contributed by atoms with Gasteiger partial charge < -0.3 is 10.2 Å². The third kappa shape index (κ3) is 6.14. The number of nitrogens with one attached hydrogen (secondary N) is 1. The van der Waals surface area contributed by atoms with Crippen LogP contribution in [0.15, 0.2) is 24.3 Å². The predicted molar refractivity (Wildman–Crippen MR) is 106 cm³/mol. The van der Waals surface area contributed by atoms with Crippen molar-refractivity contribution in [3.05, 3.63) is 29.3 Å². The molecule has 1 aromatic rings. The summed E-state index contributed by atoms with van der Waals surface area (Å²) < 4.78 is 26.8. The molecule has 8 heteroatoms.